The monoisotopic (exact) mass is 438 g/mol. The number of H-pyrrole nitrogens is 1. The second-order valence-electron chi connectivity index (χ2n) is 9.03. The van der Waals surface area contributed by atoms with Crippen molar-refractivity contribution >= 4 is 5.82 Å². The molecule has 0 spiro atoms. The van der Waals surface area contributed by atoms with Crippen LogP contribution in [0.3, 0.4) is 0 Å². The zero-order chi connectivity index (χ0) is 21.8. The number of hydrogen-bond donors (Lipinski definition) is 3. The molecule has 2 saturated heterocycles. The van der Waals surface area contributed by atoms with Crippen molar-refractivity contribution in [3.8, 4) is 28.1 Å². The van der Waals surface area contributed by atoms with Gasteiger partial charge < -0.3 is 15.3 Å². The van der Waals surface area contributed by atoms with Gasteiger partial charge in [-0.05, 0) is 44.2 Å². The molecule has 1 aromatic carbocycles. The molecule has 1 saturated carbocycles. The average Bonchev–Trinajstić information content (AvgIpc) is 3.32. The summed E-state index contributed by atoms with van der Waals surface area (Å²) < 4.78 is 29.9. The Morgan fingerprint density at radius 2 is 1.91 bits per heavy atom. The number of halogens is 2. The molecule has 32 heavy (non-hydrogen) atoms. The number of nitrogens with zero attached hydrogens (tertiary/aromatic N) is 4. The van der Waals surface area contributed by atoms with E-state index in [-0.39, 0.29) is 35.0 Å². The second-order valence-corrected chi connectivity index (χ2v) is 9.03. The minimum Gasteiger partial charge on any atom is -0.507 e. The highest BCUT2D eigenvalue weighted by Crippen LogP contribution is 2.40. The van der Waals surface area contributed by atoms with E-state index in [1.54, 1.807) is 12.4 Å². The molecule has 2 aliphatic heterocycles. The number of benzene rings is 1. The van der Waals surface area contributed by atoms with E-state index < -0.39 is 12.0 Å². The molecule has 3 N–H and O–H groups in total. The first kappa shape index (κ1) is 19.6. The lowest BCUT2D eigenvalue weighted by Gasteiger charge is -2.41. The largest absolute Gasteiger partial charge is 0.507 e. The number of hydrogen-bond acceptors (Lipinski definition) is 6. The molecule has 4 unspecified atom stereocenters. The van der Waals surface area contributed by atoms with Crippen LogP contribution in [0.5, 0.6) is 5.75 Å². The molecule has 3 aliphatic rings. The van der Waals surface area contributed by atoms with Crippen LogP contribution in [0, 0.1) is 5.82 Å². The third kappa shape index (κ3) is 3.31. The Bertz CT molecular complexity index is 1120. The van der Waals surface area contributed by atoms with Crippen LogP contribution in [-0.4, -0.2) is 55.6 Å². The van der Waals surface area contributed by atoms with Gasteiger partial charge in [-0.2, -0.15) is 5.10 Å². The van der Waals surface area contributed by atoms with E-state index in [0.717, 1.165) is 32.1 Å². The zero-order valence-corrected chi connectivity index (χ0v) is 17.4. The summed E-state index contributed by atoms with van der Waals surface area (Å²) in [7, 11) is 0. The van der Waals surface area contributed by atoms with Gasteiger partial charge in [-0.1, -0.05) is 0 Å². The molecule has 3 aromatic rings. The Balaban J connectivity index is 1.30. The summed E-state index contributed by atoms with van der Waals surface area (Å²) >= 11 is 0. The van der Waals surface area contributed by atoms with E-state index in [9.17, 15) is 9.50 Å². The van der Waals surface area contributed by atoms with Gasteiger partial charge in [0.25, 0.3) is 0 Å². The molecule has 6 rings (SSSR count). The fourth-order valence-corrected chi connectivity index (χ4v) is 5.20. The molecule has 0 amide bonds. The maximum atomic E-state index is 15.2. The second kappa shape index (κ2) is 7.51. The maximum Gasteiger partial charge on any atom is 0.147 e. The van der Waals surface area contributed by atoms with Crippen molar-refractivity contribution in [2.45, 2.75) is 62.4 Å². The molecule has 2 aromatic heterocycles. The summed E-state index contributed by atoms with van der Waals surface area (Å²) in [6, 6.07) is 2.97. The van der Waals surface area contributed by atoms with Gasteiger partial charge in [-0.3, -0.25) is 10.1 Å². The maximum absolute atomic E-state index is 15.2. The summed E-state index contributed by atoms with van der Waals surface area (Å²) in [5, 5.41) is 20.4. The minimum atomic E-state index is -0.940. The molecule has 2 bridgehead atoms. The number of aromatic nitrogens is 4. The molecule has 166 valence electrons. The fourth-order valence-electron chi connectivity index (χ4n) is 5.20. The molecule has 9 heteroatoms. The highest BCUT2D eigenvalue weighted by Gasteiger charge is 2.48. The zero-order valence-electron chi connectivity index (χ0n) is 17.4. The van der Waals surface area contributed by atoms with Gasteiger partial charge in [-0.25, -0.2) is 13.8 Å². The summed E-state index contributed by atoms with van der Waals surface area (Å²) in [5.74, 6) is 0.0535. The molecule has 0 radical (unpaired) electrons. The topological polar surface area (TPSA) is 90.0 Å². The van der Waals surface area contributed by atoms with E-state index in [1.165, 1.54) is 24.5 Å². The number of nitrogens with one attached hydrogen (secondary N) is 2. The smallest absolute Gasteiger partial charge is 0.147 e. The Morgan fingerprint density at radius 1 is 1.03 bits per heavy atom. The number of fused-ring (bicyclic) bond motifs is 2. The summed E-state index contributed by atoms with van der Waals surface area (Å²) in [6.45, 7) is 0. The van der Waals surface area contributed by atoms with Crippen molar-refractivity contribution in [2.24, 2.45) is 0 Å². The number of alkyl halides is 1. The molecular formula is C23H24F2N6O. The number of aromatic amines is 1. The van der Waals surface area contributed by atoms with E-state index in [1.807, 2.05) is 0 Å². The SMILES string of the molecule is Oc1cc(-c2cn[nH]c2)c(F)cc1-c1cnc(N(C2CC2)C2CC3CCC(N3)C2F)cn1. The molecule has 1 aliphatic carbocycles. The quantitative estimate of drug-likeness (QED) is 0.564. The van der Waals surface area contributed by atoms with Gasteiger partial charge >= 0.3 is 0 Å². The number of aromatic hydroxyl groups is 1. The van der Waals surface area contributed by atoms with Crippen molar-refractivity contribution < 1.29 is 13.9 Å². The summed E-state index contributed by atoms with van der Waals surface area (Å²) in [5.41, 5.74) is 1.42. The van der Waals surface area contributed by atoms with Crippen molar-refractivity contribution in [2.75, 3.05) is 4.90 Å². The first-order valence-corrected chi connectivity index (χ1v) is 11.1. The van der Waals surface area contributed by atoms with Crippen LogP contribution in [0.4, 0.5) is 14.6 Å². The lowest BCUT2D eigenvalue weighted by atomic mass is 9.96. The van der Waals surface area contributed by atoms with Gasteiger partial charge in [-0.15, -0.1) is 0 Å². The van der Waals surface area contributed by atoms with Crippen LogP contribution in [0.15, 0.2) is 36.9 Å². The van der Waals surface area contributed by atoms with Gasteiger partial charge in [0.1, 0.15) is 23.6 Å². The molecule has 7 nitrogen and oxygen atoms in total. The van der Waals surface area contributed by atoms with Gasteiger partial charge in [0.2, 0.25) is 0 Å². The lowest BCUT2D eigenvalue weighted by molar-refractivity contribution is 0.171. The Kier molecular flexibility index (Phi) is 4.60. The number of anilines is 1. The van der Waals surface area contributed by atoms with Crippen molar-refractivity contribution in [1.82, 2.24) is 25.5 Å². The molecule has 4 heterocycles. The van der Waals surface area contributed by atoms with Crippen LogP contribution in [0.25, 0.3) is 22.4 Å². The van der Waals surface area contributed by atoms with Crippen LogP contribution >= 0.6 is 0 Å². The first-order valence-electron chi connectivity index (χ1n) is 11.1. The number of rotatable bonds is 5. The van der Waals surface area contributed by atoms with Gasteiger partial charge in [0.15, 0.2) is 0 Å². The fraction of sp³-hybridized carbons (Fsp3) is 0.435. The predicted molar refractivity (Wildman–Crippen MR) is 115 cm³/mol. The first-order chi connectivity index (χ1) is 15.6. The van der Waals surface area contributed by atoms with Crippen molar-refractivity contribution in [3.63, 3.8) is 0 Å². The summed E-state index contributed by atoms with van der Waals surface area (Å²) in [4.78, 5) is 11.1. The van der Waals surface area contributed by atoms with Crippen molar-refractivity contribution in [3.05, 3.63) is 42.7 Å². The van der Waals surface area contributed by atoms with Crippen molar-refractivity contribution in [1.29, 1.82) is 0 Å². The lowest BCUT2D eigenvalue weighted by Crippen LogP contribution is -2.57. The van der Waals surface area contributed by atoms with Gasteiger partial charge in [0.05, 0.1) is 30.3 Å². The van der Waals surface area contributed by atoms with Crippen LogP contribution < -0.4 is 10.2 Å². The molecule has 3 fully saturated rings. The summed E-state index contributed by atoms with van der Waals surface area (Å²) in [6.07, 6.45) is 9.96. The molecule has 4 atom stereocenters. The highest BCUT2D eigenvalue weighted by molar-refractivity contribution is 5.74. The highest BCUT2D eigenvalue weighted by atomic mass is 19.1. The van der Waals surface area contributed by atoms with Crippen LogP contribution in [0.2, 0.25) is 0 Å². The van der Waals surface area contributed by atoms with E-state index in [4.69, 9.17) is 0 Å². The number of piperidine rings is 1. The van der Waals surface area contributed by atoms with Crippen LogP contribution in [0.1, 0.15) is 32.1 Å². The normalized spacial score (nSPS) is 26.9. The van der Waals surface area contributed by atoms with E-state index >= 15 is 4.39 Å². The predicted octanol–water partition coefficient (Wildman–Crippen LogP) is 3.58. The Hall–Kier alpha value is -3.07. The van der Waals surface area contributed by atoms with E-state index in [2.05, 4.69) is 30.4 Å². The number of phenolic OH excluding ortho intramolecular Hbond substituents is 1. The van der Waals surface area contributed by atoms with Gasteiger partial charge in [0, 0.05) is 41.0 Å². The molecular weight excluding hydrogens is 414 g/mol. The van der Waals surface area contributed by atoms with Crippen LogP contribution in [-0.2, 0) is 0 Å². The Labute approximate surface area is 183 Å². The average molecular weight is 438 g/mol. The van der Waals surface area contributed by atoms with E-state index in [0.29, 0.717) is 23.1 Å². The standard InChI is InChI=1S/C23H24F2N6O/c24-17-6-16(21(32)7-15(17)12-8-28-29-9-12)19-10-27-22(11-26-19)31(14-2-3-14)20-5-13-1-4-18(30-13)23(20)25/h6-11,13-14,18,20,23,30,32H,1-5H2,(H,28,29). The third-order valence-electron chi connectivity index (χ3n) is 6.92. The number of phenols is 1. The Morgan fingerprint density at radius 3 is 2.62 bits per heavy atom. The minimum absolute atomic E-state index is 0.0825. The third-order valence-corrected chi connectivity index (χ3v) is 6.92.